The number of aromatic nitrogens is 1. The Kier molecular flexibility index (Phi) is 1.81. The van der Waals surface area contributed by atoms with Gasteiger partial charge in [0.1, 0.15) is 5.82 Å². The third-order valence-electron chi connectivity index (χ3n) is 2.90. The monoisotopic (exact) mass is 199 g/mol. The number of halogens is 1. The van der Waals surface area contributed by atoms with Crippen molar-refractivity contribution < 1.29 is 4.39 Å². The molecule has 74 valence electrons. The van der Waals surface area contributed by atoms with Crippen molar-refractivity contribution in [2.45, 2.75) is 12.8 Å². The van der Waals surface area contributed by atoms with Crippen molar-refractivity contribution in [1.82, 2.24) is 4.98 Å². The largest absolute Gasteiger partial charge is 0.260 e. The second-order valence-corrected chi connectivity index (χ2v) is 3.77. The fourth-order valence-electron chi connectivity index (χ4n) is 2.19. The number of hydrogen-bond donors (Lipinski definition) is 0. The van der Waals surface area contributed by atoms with Crippen molar-refractivity contribution in [3.63, 3.8) is 0 Å². The fourth-order valence-corrected chi connectivity index (χ4v) is 2.19. The molecule has 1 aromatic carbocycles. The second-order valence-electron chi connectivity index (χ2n) is 3.77. The zero-order valence-corrected chi connectivity index (χ0v) is 8.20. The predicted molar refractivity (Wildman–Crippen MR) is 57.0 cm³/mol. The quantitative estimate of drug-likeness (QED) is 0.635. The summed E-state index contributed by atoms with van der Waals surface area (Å²) in [4.78, 5) is 4.24. The van der Waals surface area contributed by atoms with Crippen LogP contribution >= 0.6 is 0 Å². The molecule has 1 nitrogen and oxygen atoms in total. The van der Waals surface area contributed by atoms with Gasteiger partial charge in [-0.3, -0.25) is 4.98 Å². The molecule has 0 bridgehead atoms. The minimum Gasteiger partial charge on any atom is -0.260 e. The van der Waals surface area contributed by atoms with Gasteiger partial charge >= 0.3 is 0 Å². The Balaban J connectivity index is 2.33. The number of pyridine rings is 1. The van der Waals surface area contributed by atoms with E-state index in [1.807, 2.05) is 18.2 Å². The van der Waals surface area contributed by atoms with Crippen LogP contribution < -0.4 is 0 Å². The van der Waals surface area contributed by atoms with E-state index in [2.05, 4.69) is 11.1 Å². The van der Waals surface area contributed by atoms with E-state index in [0.717, 1.165) is 24.1 Å². The van der Waals surface area contributed by atoms with Crippen molar-refractivity contribution >= 4 is 0 Å². The molecule has 0 unspecified atom stereocenters. The summed E-state index contributed by atoms with van der Waals surface area (Å²) >= 11 is 0. The Morgan fingerprint density at radius 2 is 1.93 bits per heavy atom. The standard InChI is InChI=1S/C13H10FN/c14-11-7-8-15-12-6-5-9-3-1-2-4-10(9)13(11)12/h1-4,7-8H,5-6H2. The summed E-state index contributed by atoms with van der Waals surface area (Å²) in [6.45, 7) is 0. The molecule has 2 heteroatoms. The van der Waals surface area contributed by atoms with Crippen LogP contribution in [0.25, 0.3) is 11.1 Å². The zero-order valence-electron chi connectivity index (χ0n) is 8.20. The van der Waals surface area contributed by atoms with E-state index >= 15 is 0 Å². The highest BCUT2D eigenvalue weighted by atomic mass is 19.1. The summed E-state index contributed by atoms with van der Waals surface area (Å²) < 4.78 is 13.7. The highest BCUT2D eigenvalue weighted by Crippen LogP contribution is 2.33. The molecule has 0 N–H and O–H groups in total. The van der Waals surface area contributed by atoms with E-state index in [9.17, 15) is 4.39 Å². The third-order valence-corrected chi connectivity index (χ3v) is 2.90. The van der Waals surface area contributed by atoms with E-state index in [0.29, 0.717) is 5.56 Å². The molecule has 0 atom stereocenters. The number of hydrogen-bond acceptors (Lipinski definition) is 1. The van der Waals surface area contributed by atoms with Crippen molar-refractivity contribution in [3.8, 4) is 11.1 Å². The maximum atomic E-state index is 13.7. The summed E-state index contributed by atoms with van der Waals surface area (Å²) in [5, 5.41) is 0. The number of fused-ring (bicyclic) bond motifs is 3. The Morgan fingerprint density at radius 3 is 2.87 bits per heavy atom. The molecule has 2 aromatic rings. The lowest BCUT2D eigenvalue weighted by Gasteiger charge is -2.18. The maximum absolute atomic E-state index is 13.7. The molecule has 0 saturated heterocycles. The van der Waals surface area contributed by atoms with Crippen LogP contribution in [-0.4, -0.2) is 4.98 Å². The van der Waals surface area contributed by atoms with E-state index < -0.39 is 0 Å². The molecule has 0 spiro atoms. The summed E-state index contributed by atoms with van der Waals surface area (Å²) in [7, 11) is 0. The summed E-state index contributed by atoms with van der Waals surface area (Å²) in [5.41, 5.74) is 3.80. The van der Waals surface area contributed by atoms with Gasteiger partial charge in [-0.15, -0.1) is 0 Å². The van der Waals surface area contributed by atoms with Crippen LogP contribution in [0.5, 0.6) is 0 Å². The Morgan fingerprint density at radius 1 is 1.07 bits per heavy atom. The molecule has 15 heavy (non-hydrogen) atoms. The van der Waals surface area contributed by atoms with E-state index in [1.165, 1.54) is 11.6 Å². The van der Waals surface area contributed by atoms with Gasteiger partial charge in [0.25, 0.3) is 0 Å². The van der Waals surface area contributed by atoms with Gasteiger partial charge in [-0.25, -0.2) is 4.39 Å². The Bertz CT molecular complexity index is 520. The average molecular weight is 199 g/mol. The van der Waals surface area contributed by atoms with E-state index in [-0.39, 0.29) is 5.82 Å². The molecule has 1 heterocycles. The van der Waals surface area contributed by atoms with Gasteiger partial charge in [0.15, 0.2) is 0 Å². The number of nitrogens with zero attached hydrogens (tertiary/aromatic N) is 1. The number of rotatable bonds is 0. The van der Waals surface area contributed by atoms with Crippen LogP contribution in [-0.2, 0) is 12.8 Å². The van der Waals surface area contributed by atoms with Crippen molar-refractivity contribution in [2.75, 3.05) is 0 Å². The smallest absolute Gasteiger partial charge is 0.134 e. The SMILES string of the molecule is Fc1ccnc2c1-c1ccccc1CC2. The molecule has 0 amide bonds. The first-order chi connectivity index (χ1) is 7.36. The van der Waals surface area contributed by atoms with Crippen LogP contribution in [0, 0.1) is 5.82 Å². The second kappa shape index (κ2) is 3.16. The molecule has 1 aliphatic rings. The van der Waals surface area contributed by atoms with Crippen LogP contribution in [0.3, 0.4) is 0 Å². The highest BCUT2D eigenvalue weighted by molar-refractivity contribution is 5.72. The molecule has 3 rings (SSSR count). The van der Waals surface area contributed by atoms with Gasteiger partial charge in [0.05, 0.1) is 5.69 Å². The predicted octanol–water partition coefficient (Wildman–Crippen LogP) is 2.99. The molecule has 0 aliphatic heterocycles. The van der Waals surface area contributed by atoms with E-state index in [4.69, 9.17) is 0 Å². The van der Waals surface area contributed by atoms with E-state index in [1.54, 1.807) is 6.20 Å². The van der Waals surface area contributed by atoms with Crippen molar-refractivity contribution in [2.24, 2.45) is 0 Å². The van der Waals surface area contributed by atoms with Crippen LogP contribution in [0.2, 0.25) is 0 Å². The minimum atomic E-state index is -0.160. The molecule has 1 aliphatic carbocycles. The molecule has 0 fully saturated rings. The average Bonchev–Trinajstić information content (AvgIpc) is 2.29. The lowest BCUT2D eigenvalue weighted by atomic mass is 9.88. The summed E-state index contributed by atoms with van der Waals surface area (Å²) in [5.74, 6) is -0.160. The van der Waals surface area contributed by atoms with Gasteiger partial charge in [-0.05, 0) is 30.0 Å². The zero-order chi connectivity index (χ0) is 10.3. The molecule has 0 radical (unpaired) electrons. The van der Waals surface area contributed by atoms with Gasteiger partial charge in [-0.1, -0.05) is 24.3 Å². The van der Waals surface area contributed by atoms with Crippen LogP contribution in [0.4, 0.5) is 4.39 Å². The molecular formula is C13H10FN. The first-order valence-electron chi connectivity index (χ1n) is 5.08. The summed E-state index contributed by atoms with van der Waals surface area (Å²) in [6.07, 6.45) is 3.34. The number of benzene rings is 1. The van der Waals surface area contributed by atoms with Crippen LogP contribution in [0.1, 0.15) is 11.3 Å². The lowest BCUT2D eigenvalue weighted by molar-refractivity contribution is 0.623. The van der Waals surface area contributed by atoms with Crippen molar-refractivity contribution in [3.05, 3.63) is 53.6 Å². The molecule has 1 aromatic heterocycles. The molecule has 0 saturated carbocycles. The highest BCUT2D eigenvalue weighted by Gasteiger charge is 2.19. The van der Waals surface area contributed by atoms with Crippen molar-refractivity contribution in [1.29, 1.82) is 0 Å². The van der Waals surface area contributed by atoms with Crippen LogP contribution in [0.15, 0.2) is 36.5 Å². The van der Waals surface area contributed by atoms with Gasteiger partial charge in [0, 0.05) is 11.8 Å². The Hall–Kier alpha value is -1.70. The maximum Gasteiger partial charge on any atom is 0.134 e. The van der Waals surface area contributed by atoms with Gasteiger partial charge in [-0.2, -0.15) is 0 Å². The third kappa shape index (κ3) is 1.25. The first kappa shape index (κ1) is 8.60. The molecular weight excluding hydrogens is 189 g/mol. The fraction of sp³-hybridized carbons (Fsp3) is 0.154. The normalized spacial score (nSPS) is 13.1. The first-order valence-corrected chi connectivity index (χ1v) is 5.08. The van der Waals surface area contributed by atoms with Gasteiger partial charge < -0.3 is 0 Å². The minimum absolute atomic E-state index is 0.160. The lowest BCUT2D eigenvalue weighted by Crippen LogP contribution is -2.07. The Labute approximate surface area is 87.6 Å². The topological polar surface area (TPSA) is 12.9 Å². The van der Waals surface area contributed by atoms with Gasteiger partial charge in [0.2, 0.25) is 0 Å². The number of aryl methyl sites for hydroxylation is 2. The summed E-state index contributed by atoms with van der Waals surface area (Å²) in [6, 6.07) is 9.40.